The number of rotatable bonds is 5. The van der Waals surface area contributed by atoms with Crippen LogP contribution in [0.4, 0.5) is 10.8 Å². The highest BCUT2D eigenvalue weighted by atomic mass is 32.1. The first-order valence-electron chi connectivity index (χ1n) is 8.63. The lowest BCUT2D eigenvalue weighted by Crippen LogP contribution is -2.13. The van der Waals surface area contributed by atoms with Gasteiger partial charge in [0.15, 0.2) is 5.13 Å². The second kappa shape index (κ2) is 7.25. The molecule has 0 unspecified atom stereocenters. The minimum Gasteiger partial charge on any atom is -0.505 e. The van der Waals surface area contributed by atoms with Gasteiger partial charge in [0.25, 0.3) is 0 Å². The Morgan fingerprint density at radius 3 is 2.52 bits per heavy atom. The van der Waals surface area contributed by atoms with Gasteiger partial charge in [-0.1, -0.05) is 30.3 Å². The molecule has 0 amide bonds. The van der Waals surface area contributed by atoms with Crippen molar-refractivity contribution < 1.29 is 5.11 Å². The van der Waals surface area contributed by atoms with E-state index in [0.717, 1.165) is 27.3 Å². The Hall–Kier alpha value is -3.12. The molecular weight excluding hydrogens is 356 g/mol. The minimum absolute atomic E-state index is 0.193. The number of nitrogens with zero attached hydrogens (tertiary/aromatic N) is 3. The van der Waals surface area contributed by atoms with Crippen LogP contribution in [0.5, 0.6) is 5.75 Å². The fourth-order valence-electron chi connectivity index (χ4n) is 3.10. The molecule has 0 aliphatic carbocycles. The van der Waals surface area contributed by atoms with E-state index in [2.05, 4.69) is 44.5 Å². The van der Waals surface area contributed by atoms with Crippen LogP contribution in [0, 0.1) is 0 Å². The average Bonchev–Trinajstić information content (AvgIpc) is 3.20. The number of phenols is 1. The molecule has 1 atom stereocenters. The zero-order valence-corrected chi connectivity index (χ0v) is 15.9. The van der Waals surface area contributed by atoms with Crippen molar-refractivity contribution >= 4 is 33.1 Å². The van der Waals surface area contributed by atoms with Crippen LogP contribution in [-0.4, -0.2) is 29.2 Å². The van der Waals surface area contributed by atoms with Gasteiger partial charge in [-0.3, -0.25) is 4.98 Å². The number of pyridine rings is 1. The minimum atomic E-state index is -0.237. The third-order valence-electron chi connectivity index (χ3n) is 4.53. The Labute approximate surface area is 162 Å². The number of aromatic nitrogens is 2. The molecule has 2 N–H and O–H groups in total. The largest absolute Gasteiger partial charge is 0.505 e. The lowest BCUT2D eigenvalue weighted by atomic mass is 9.96. The van der Waals surface area contributed by atoms with Crippen molar-refractivity contribution in [1.82, 2.24) is 9.97 Å². The molecule has 2 heterocycles. The van der Waals surface area contributed by atoms with E-state index in [4.69, 9.17) is 0 Å². The number of fused-ring (bicyclic) bond motifs is 1. The van der Waals surface area contributed by atoms with Gasteiger partial charge in [-0.15, -0.1) is 11.3 Å². The summed E-state index contributed by atoms with van der Waals surface area (Å²) in [4.78, 5) is 10.8. The Morgan fingerprint density at radius 1 is 1.00 bits per heavy atom. The van der Waals surface area contributed by atoms with Crippen LogP contribution >= 0.6 is 11.3 Å². The SMILES string of the molecule is CN(C)c1ccc([C@H](Nc2nccs2)c2ccc3cccnc3c2O)cc1. The highest BCUT2D eigenvalue weighted by molar-refractivity contribution is 7.13. The van der Waals surface area contributed by atoms with E-state index in [9.17, 15) is 5.11 Å². The first-order chi connectivity index (χ1) is 13.1. The normalized spacial score (nSPS) is 12.1. The molecular formula is C21H20N4OS. The monoisotopic (exact) mass is 376 g/mol. The maximum atomic E-state index is 10.9. The van der Waals surface area contributed by atoms with Gasteiger partial charge in [-0.05, 0) is 23.8 Å². The standard InChI is InChI=1S/C21H20N4OS/c1-25(2)16-8-5-15(6-9-16)18(24-21-23-12-13-27-21)17-10-7-14-4-3-11-22-19(14)20(17)26/h3-13,18,26H,1-2H3,(H,23,24)/t18-/m0/s1. The fraction of sp³-hybridized carbons (Fsp3) is 0.143. The van der Waals surface area contributed by atoms with Crippen LogP contribution in [0.15, 0.2) is 66.3 Å². The number of benzene rings is 2. The van der Waals surface area contributed by atoms with Gasteiger partial charge in [0.05, 0.1) is 6.04 Å². The maximum absolute atomic E-state index is 10.9. The maximum Gasteiger partial charge on any atom is 0.183 e. The third kappa shape index (κ3) is 3.44. The summed E-state index contributed by atoms with van der Waals surface area (Å²) < 4.78 is 0. The molecule has 6 heteroatoms. The van der Waals surface area contributed by atoms with Crippen molar-refractivity contribution in [3.63, 3.8) is 0 Å². The molecule has 2 aromatic carbocycles. The third-order valence-corrected chi connectivity index (χ3v) is 5.24. The van der Waals surface area contributed by atoms with E-state index in [1.165, 1.54) is 11.3 Å². The zero-order valence-electron chi connectivity index (χ0n) is 15.1. The molecule has 4 rings (SSSR count). The topological polar surface area (TPSA) is 61.3 Å². The summed E-state index contributed by atoms with van der Waals surface area (Å²) in [6, 6.07) is 15.8. The second-order valence-corrected chi connectivity index (χ2v) is 7.37. The van der Waals surface area contributed by atoms with Gasteiger partial charge in [-0.25, -0.2) is 4.98 Å². The number of hydrogen-bond acceptors (Lipinski definition) is 6. The van der Waals surface area contributed by atoms with Crippen molar-refractivity contribution in [3.8, 4) is 5.75 Å². The van der Waals surface area contributed by atoms with Crippen LogP contribution in [0.2, 0.25) is 0 Å². The lowest BCUT2D eigenvalue weighted by Gasteiger charge is -2.22. The van der Waals surface area contributed by atoms with Crippen molar-refractivity contribution in [1.29, 1.82) is 0 Å². The van der Waals surface area contributed by atoms with Crippen LogP contribution in [0.1, 0.15) is 17.2 Å². The van der Waals surface area contributed by atoms with Crippen molar-refractivity contribution in [2.75, 3.05) is 24.3 Å². The van der Waals surface area contributed by atoms with Crippen molar-refractivity contribution in [2.24, 2.45) is 0 Å². The van der Waals surface area contributed by atoms with E-state index in [1.807, 2.05) is 43.7 Å². The predicted molar refractivity (Wildman–Crippen MR) is 112 cm³/mol. The quantitative estimate of drug-likeness (QED) is 0.530. The van der Waals surface area contributed by atoms with E-state index in [-0.39, 0.29) is 11.8 Å². The van der Waals surface area contributed by atoms with Gasteiger partial charge >= 0.3 is 0 Å². The smallest absolute Gasteiger partial charge is 0.183 e. The molecule has 0 spiro atoms. The van der Waals surface area contributed by atoms with Crippen LogP contribution in [0.25, 0.3) is 10.9 Å². The molecule has 0 radical (unpaired) electrons. The Kier molecular flexibility index (Phi) is 4.64. The van der Waals surface area contributed by atoms with E-state index >= 15 is 0 Å². The van der Waals surface area contributed by atoms with Crippen LogP contribution in [0.3, 0.4) is 0 Å². The molecule has 0 saturated heterocycles. The number of nitrogens with one attached hydrogen (secondary N) is 1. The second-order valence-electron chi connectivity index (χ2n) is 6.48. The number of phenolic OH excluding ortho intramolecular Hbond substituents is 1. The Morgan fingerprint density at radius 2 is 1.81 bits per heavy atom. The number of anilines is 2. The van der Waals surface area contributed by atoms with Crippen LogP contribution < -0.4 is 10.2 Å². The number of aromatic hydroxyl groups is 1. The first-order valence-corrected chi connectivity index (χ1v) is 9.51. The molecule has 0 aliphatic rings. The average molecular weight is 376 g/mol. The summed E-state index contributed by atoms with van der Waals surface area (Å²) in [6.45, 7) is 0. The lowest BCUT2D eigenvalue weighted by molar-refractivity contribution is 0.472. The first kappa shape index (κ1) is 17.3. The van der Waals surface area contributed by atoms with E-state index in [1.54, 1.807) is 12.4 Å². The summed E-state index contributed by atoms with van der Waals surface area (Å²) >= 11 is 1.53. The number of thiazole rings is 1. The van der Waals surface area contributed by atoms with Gasteiger partial charge in [0, 0.05) is 48.5 Å². The predicted octanol–water partition coefficient (Wildman–Crippen LogP) is 4.66. The van der Waals surface area contributed by atoms with Crippen LogP contribution in [-0.2, 0) is 0 Å². The molecule has 5 nitrogen and oxygen atoms in total. The highest BCUT2D eigenvalue weighted by Crippen LogP contribution is 2.37. The van der Waals surface area contributed by atoms with Gasteiger partial charge in [0.2, 0.25) is 0 Å². The highest BCUT2D eigenvalue weighted by Gasteiger charge is 2.20. The van der Waals surface area contributed by atoms with Gasteiger partial charge in [0.1, 0.15) is 11.3 Å². The van der Waals surface area contributed by atoms with Gasteiger partial charge < -0.3 is 15.3 Å². The van der Waals surface area contributed by atoms with Gasteiger partial charge in [-0.2, -0.15) is 0 Å². The molecule has 0 bridgehead atoms. The molecule has 136 valence electrons. The van der Waals surface area contributed by atoms with E-state index in [0.29, 0.717) is 5.52 Å². The molecule has 0 saturated carbocycles. The Balaban J connectivity index is 1.81. The number of hydrogen-bond donors (Lipinski definition) is 2. The fourth-order valence-corrected chi connectivity index (χ4v) is 3.66. The van der Waals surface area contributed by atoms with E-state index < -0.39 is 0 Å². The zero-order chi connectivity index (χ0) is 18.8. The summed E-state index contributed by atoms with van der Waals surface area (Å²) in [6.07, 6.45) is 3.46. The summed E-state index contributed by atoms with van der Waals surface area (Å²) in [5, 5.41) is 18.0. The molecule has 4 aromatic rings. The van der Waals surface area contributed by atoms with Crippen molar-refractivity contribution in [2.45, 2.75) is 6.04 Å². The molecule has 0 aliphatic heterocycles. The summed E-state index contributed by atoms with van der Waals surface area (Å²) in [5.74, 6) is 0.193. The van der Waals surface area contributed by atoms with Crippen molar-refractivity contribution in [3.05, 3.63) is 77.4 Å². The molecule has 2 aromatic heterocycles. The Bertz CT molecular complexity index is 1050. The summed E-state index contributed by atoms with van der Waals surface area (Å²) in [5.41, 5.74) is 3.54. The molecule has 0 fully saturated rings. The molecule has 27 heavy (non-hydrogen) atoms. The summed E-state index contributed by atoms with van der Waals surface area (Å²) in [7, 11) is 4.03.